The van der Waals surface area contributed by atoms with Crippen molar-refractivity contribution in [2.75, 3.05) is 17.4 Å². The molecule has 0 aliphatic carbocycles. The van der Waals surface area contributed by atoms with Gasteiger partial charge in [-0.05, 0) is 5.56 Å². The van der Waals surface area contributed by atoms with Crippen LogP contribution in [0.15, 0.2) is 42.6 Å². The highest BCUT2D eigenvalue weighted by Crippen LogP contribution is 2.33. The average Bonchev–Trinajstić information content (AvgIpc) is 2.89. The molecule has 3 rings (SSSR count). The third kappa shape index (κ3) is 2.00. The highest BCUT2D eigenvalue weighted by Gasteiger charge is 2.28. The van der Waals surface area contributed by atoms with Crippen LogP contribution in [0.3, 0.4) is 0 Å². The lowest BCUT2D eigenvalue weighted by atomic mass is 10.0. The number of anilines is 2. The molecule has 1 aliphatic heterocycles. The highest BCUT2D eigenvalue weighted by molar-refractivity contribution is 5.42. The van der Waals surface area contributed by atoms with Crippen molar-refractivity contribution < 1.29 is 4.84 Å². The third-order valence-corrected chi connectivity index (χ3v) is 2.97. The first-order chi connectivity index (χ1) is 8.84. The molecule has 0 radical (unpaired) electrons. The second-order valence-electron chi connectivity index (χ2n) is 4.15. The summed E-state index contributed by atoms with van der Waals surface area (Å²) in [7, 11) is 0. The van der Waals surface area contributed by atoms with Gasteiger partial charge in [0.25, 0.3) is 0 Å². The topological polar surface area (TPSA) is 64.3 Å². The molecule has 1 aromatic heterocycles. The van der Waals surface area contributed by atoms with E-state index in [1.165, 1.54) is 5.56 Å². The fraction of sp³-hybridized carbons (Fsp3) is 0.231. The Hall–Kier alpha value is -2.14. The number of nitrogens with zero attached hydrogens (tertiary/aromatic N) is 3. The van der Waals surface area contributed by atoms with Crippen LogP contribution in [0, 0.1) is 0 Å². The molecule has 0 bridgehead atoms. The van der Waals surface area contributed by atoms with Crippen molar-refractivity contribution in [3.63, 3.8) is 0 Å². The lowest BCUT2D eigenvalue weighted by Gasteiger charge is -2.23. The van der Waals surface area contributed by atoms with Gasteiger partial charge < -0.3 is 5.73 Å². The number of nitrogen functional groups attached to an aromatic ring is 1. The zero-order valence-corrected chi connectivity index (χ0v) is 9.86. The van der Waals surface area contributed by atoms with Gasteiger partial charge in [0.05, 0.1) is 12.6 Å². The van der Waals surface area contributed by atoms with Gasteiger partial charge in [0.2, 0.25) is 5.95 Å². The molecule has 0 amide bonds. The van der Waals surface area contributed by atoms with E-state index in [9.17, 15) is 0 Å². The second-order valence-corrected chi connectivity index (χ2v) is 4.15. The normalized spacial score (nSPS) is 19.1. The van der Waals surface area contributed by atoms with Crippen LogP contribution in [0.1, 0.15) is 18.0 Å². The number of aromatic nitrogens is 2. The van der Waals surface area contributed by atoms with Crippen molar-refractivity contribution in [3.05, 3.63) is 48.2 Å². The molecule has 5 heteroatoms. The number of hydrogen-bond donors (Lipinski definition) is 1. The molecule has 2 heterocycles. The number of benzene rings is 1. The average molecular weight is 242 g/mol. The van der Waals surface area contributed by atoms with Crippen LogP contribution in [-0.4, -0.2) is 16.6 Å². The van der Waals surface area contributed by atoms with E-state index in [2.05, 4.69) is 22.1 Å². The van der Waals surface area contributed by atoms with Crippen LogP contribution in [0.2, 0.25) is 0 Å². The zero-order valence-electron chi connectivity index (χ0n) is 9.86. The third-order valence-electron chi connectivity index (χ3n) is 2.97. The number of nitrogens with two attached hydrogens (primary N) is 1. The van der Waals surface area contributed by atoms with E-state index >= 15 is 0 Å². The highest BCUT2D eigenvalue weighted by atomic mass is 16.7. The number of hydroxylamine groups is 1. The molecule has 1 aliphatic rings. The lowest BCUT2D eigenvalue weighted by Crippen LogP contribution is -2.22. The van der Waals surface area contributed by atoms with Crippen LogP contribution < -0.4 is 10.8 Å². The Morgan fingerprint density at radius 3 is 2.83 bits per heavy atom. The molecular formula is C13H14N4O. The SMILES string of the molecule is Nc1nccc(N2OCC[C@H]2c2ccccc2)n1. The molecule has 2 N–H and O–H groups in total. The molecule has 0 unspecified atom stereocenters. The Bertz CT molecular complexity index is 532. The fourth-order valence-electron chi connectivity index (χ4n) is 2.16. The monoisotopic (exact) mass is 242 g/mol. The summed E-state index contributed by atoms with van der Waals surface area (Å²) in [5.41, 5.74) is 6.82. The Balaban J connectivity index is 1.92. The first-order valence-corrected chi connectivity index (χ1v) is 5.90. The molecular weight excluding hydrogens is 228 g/mol. The summed E-state index contributed by atoms with van der Waals surface area (Å²) in [4.78, 5) is 13.7. The van der Waals surface area contributed by atoms with Gasteiger partial charge in [-0.2, -0.15) is 4.98 Å². The van der Waals surface area contributed by atoms with Gasteiger partial charge >= 0.3 is 0 Å². The van der Waals surface area contributed by atoms with Crippen molar-refractivity contribution in [1.29, 1.82) is 0 Å². The molecule has 1 fully saturated rings. The van der Waals surface area contributed by atoms with E-state index in [4.69, 9.17) is 10.6 Å². The maximum absolute atomic E-state index is 5.65. The van der Waals surface area contributed by atoms with Crippen molar-refractivity contribution in [2.24, 2.45) is 0 Å². The molecule has 2 aromatic rings. The van der Waals surface area contributed by atoms with Crippen LogP contribution in [0.4, 0.5) is 11.8 Å². The minimum Gasteiger partial charge on any atom is -0.368 e. The van der Waals surface area contributed by atoms with E-state index < -0.39 is 0 Å². The van der Waals surface area contributed by atoms with Crippen LogP contribution in [0.5, 0.6) is 0 Å². The Morgan fingerprint density at radius 1 is 1.22 bits per heavy atom. The predicted octanol–water partition coefficient (Wildman–Crippen LogP) is 1.94. The molecule has 1 aromatic carbocycles. The Morgan fingerprint density at radius 2 is 2.06 bits per heavy atom. The van der Waals surface area contributed by atoms with Crippen molar-refractivity contribution in [1.82, 2.24) is 9.97 Å². The van der Waals surface area contributed by atoms with Gasteiger partial charge in [0.1, 0.15) is 0 Å². The zero-order chi connectivity index (χ0) is 12.4. The summed E-state index contributed by atoms with van der Waals surface area (Å²) in [6.07, 6.45) is 2.58. The van der Waals surface area contributed by atoms with Gasteiger partial charge in [0, 0.05) is 18.7 Å². The summed E-state index contributed by atoms with van der Waals surface area (Å²) in [6.45, 7) is 0.684. The molecule has 5 nitrogen and oxygen atoms in total. The molecule has 0 spiro atoms. The number of rotatable bonds is 2. The minimum atomic E-state index is 0.181. The van der Waals surface area contributed by atoms with Gasteiger partial charge in [0.15, 0.2) is 5.82 Å². The number of hydrogen-bond acceptors (Lipinski definition) is 5. The summed E-state index contributed by atoms with van der Waals surface area (Å²) in [5.74, 6) is 0.962. The minimum absolute atomic E-state index is 0.181. The van der Waals surface area contributed by atoms with Crippen molar-refractivity contribution >= 4 is 11.8 Å². The predicted molar refractivity (Wildman–Crippen MR) is 68.7 cm³/mol. The first kappa shape index (κ1) is 11.0. The lowest BCUT2D eigenvalue weighted by molar-refractivity contribution is 0.157. The largest absolute Gasteiger partial charge is 0.368 e. The van der Waals surface area contributed by atoms with Crippen molar-refractivity contribution in [3.8, 4) is 0 Å². The van der Waals surface area contributed by atoms with E-state index in [0.29, 0.717) is 12.4 Å². The van der Waals surface area contributed by atoms with Crippen LogP contribution in [0.25, 0.3) is 0 Å². The smallest absolute Gasteiger partial charge is 0.222 e. The van der Waals surface area contributed by atoms with Gasteiger partial charge in [-0.1, -0.05) is 30.3 Å². The molecule has 0 saturated carbocycles. The van der Waals surface area contributed by atoms with E-state index in [-0.39, 0.29) is 12.0 Å². The fourth-order valence-corrected chi connectivity index (χ4v) is 2.16. The molecule has 92 valence electrons. The summed E-state index contributed by atoms with van der Waals surface area (Å²) >= 11 is 0. The molecule has 18 heavy (non-hydrogen) atoms. The summed E-state index contributed by atoms with van der Waals surface area (Å²) in [5, 5.41) is 1.81. The standard InChI is InChI=1S/C13H14N4O/c14-13-15-8-6-12(16-13)17-11(7-9-18-17)10-4-2-1-3-5-10/h1-6,8,11H,7,9H2,(H2,14,15,16)/t11-/m0/s1. The van der Waals surface area contributed by atoms with Gasteiger partial charge in [-0.15, -0.1) is 0 Å². The summed E-state index contributed by atoms with van der Waals surface area (Å²) < 4.78 is 0. The van der Waals surface area contributed by atoms with Gasteiger partial charge in [-0.3, -0.25) is 4.84 Å². The van der Waals surface area contributed by atoms with E-state index in [0.717, 1.165) is 6.42 Å². The summed E-state index contributed by atoms with van der Waals surface area (Å²) in [6, 6.07) is 12.2. The Kier molecular flexibility index (Phi) is 2.82. The molecule has 1 saturated heterocycles. The van der Waals surface area contributed by atoms with Gasteiger partial charge in [-0.25, -0.2) is 10.0 Å². The maximum atomic E-state index is 5.65. The second kappa shape index (κ2) is 4.62. The van der Waals surface area contributed by atoms with Crippen LogP contribution in [-0.2, 0) is 4.84 Å². The van der Waals surface area contributed by atoms with Crippen LogP contribution >= 0.6 is 0 Å². The molecule has 1 atom stereocenters. The van der Waals surface area contributed by atoms with E-state index in [1.54, 1.807) is 12.3 Å². The first-order valence-electron chi connectivity index (χ1n) is 5.90. The van der Waals surface area contributed by atoms with Crippen molar-refractivity contribution in [2.45, 2.75) is 12.5 Å². The van der Waals surface area contributed by atoms with E-state index in [1.807, 2.05) is 23.3 Å². The Labute approximate surface area is 105 Å². The maximum Gasteiger partial charge on any atom is 0.222 e. The quantitative estimate of drug-likeness (QED) is 0.871.